The summed E-state index contributed by atoms with van der Waals surface area (Å²) in [5.74, 6) is 0.313. The molecule has 0 saturated heterocycles. The smallest absolute Gasteiger partial charge is 0.275 e. The van der Waals surface area contributed by atoms with Gasteiger partial charge in [-0.25, -0.2) is 9.97 Å². The minimum absolute atomic E-state index is 0.272. The molecule has 0 atom stereocenters. The SMILES string of the molecule is Cc1cc(C)cc(NC(=O)c2cnc(Nc3cccc(C)c3)cn2)c1. The summed E-state index contributed by atoms with van der Waals surface area (Å²) in [4.78, 5) is 20.8. The Balaban J connectivity index is 1.70. The molecular formula is C20H20N4O. The minimum Gasteiger partial charge on any atom is -0.339 e. The standard InChI is InChI=1S/C20H20N4O/c1-13-5-4-6-16(8-13)23-19-12-21-18(11-22-19)20(25)24-17-9-14(2)7-15(3)10-17/h4-12H,1-3H3,(H,22,23)(H,24,25). The monoisotopic (exact) mass is 332 g/mol. The maximum atomic E-state index is 12.3. The predicted molar refractivity (Wildman–Crippen MR) is 100 cm³/mol. The van der Waals surface area contributed by atoms with Crippen LogP contribution in [0, 0.1) is 20.8 Å². The van der Waals surface area contributed by atoms with E-state index in [0.29, 0.717) is 5.82 Å². The molecule has 0 radical (unpaired) electrons. The zero-order valence-electron chi connectivity index (χ0n) is 14.5. The van der Waals surface area contributed by atoms with Crippen LogP contribution in [0.5, 0.6) is 0 Å². The Morgan fingerprint density at radius 3 is 2.20 bits per heavy atom. The Morgan fingerprint density at radius 1 is 0.840 bits per heavy atom. The van der Waals surface area contributed by atoms with Gasteiger partial charge in [0, 0.05) is 11.4 Å². The van der Waals surface area contributed by atoms with Gasteiger partial charge in [0.05, 0.1) is 12.4 Å². The number of hydrogen-bond acceptors (Lipinski definition) is 4. The predicted octanol–water partition coefficient (Wildman–Crippen LogP) is 4.40. The lowest BCUT2D eigenvalue weighted by molar-refractivity contribution is 0.102. The third kappa shape index (κ3) is 4.41. The van der Waals surface area contributed by atoms with E-state index >= 15 is 0 Å². The average Bonchev–Trinajstić information content (AvgIpc) is 2.54. The summed E-state index contributed by atoms with van der Waals surface area (Å²) in [5.41, 5.74) is 5.31. The van der Waals surface area contributed by atoms with Crippen LogP contribution >= 0.6 is 0 Å². The number of carbonyl (C=O) groups excluding carboxylic acids is 1. The van der Waals surface area contributed by atoms with E-state index in [0.717, 1.165) is 28.1 Å². The number of aromatic nitrogens is 2. The maximum absolute atomic E-state index is 12.3. The van der Waals surface area contributed by atoms with Gasteiger partial charge in [-0.05, 0) is 61.7 Å². The average molecular weight is 332 g/mol. The lowest BCUT2D eigenvalue weighted by Gasteiger charge is -2.08. The molecule has 1 aromatic heterocycles. The van der Waals surface area contributed by atoms with Crippen LogP contribution < -0.4 is 10.6 Å². The Hall–Kier alpha value is -3.21. The molecule has 5 nitrogen and oxygen atoms in total. The Labute approximate surface area is 147 Å². The van der Waals surface area contributed by atoms with Gasteiger partial charge in [0.1, 0.15) is 11.5 Å². The zero-order chi connectivity index (χ0) is 17.8. The first kappa shape index (κ1) is 16.6. The van der Waals surface area contributed by atoms with Crippen molar-refractivity contribution in [3.63, 3.8) is 0 Å². The van der Waals surface area contributed by atoms with Crippen molar-refractivity contribution in [3.05, 3.63) is 77.2 Å². The van der Waals surface area contributed by atoms with Crippen LogP contribution in [-0.2, 0) is 0 Å². The molecule has 1 amide bonds. The van der Waals surface area contributed by atoms with Gasteiger partial charge in [-0.15, -0.1) is 0 Å². The number of carbonyl (C=O) groups is 1. The fourth-order valence-corrected chi connectivity index (χ4v) is 2.62. The van der Waals surface area contributed by atoms with Gasteiger partial charge in [-0.3, -0.25) is 4.79 Å². The number of hydrogen-bond donors (Lipinski definition) is 2. The molecule has 2 aromatic carbocycles. The molecule has 5 heteroatoms. The summed E-state index contributed by atoms with van der Waals surface area (Å²) in [5, 5.41) is 6.02. The van der Waals surface area contributed by atoms with E-state index in [9.17, 15) is 4.79 Å². The molecule has 0 spiro atoms. The molecule has 2 N–H and O–H groups in total. The number of aryl methyl sites for hydroxylation is 3. The molecular weight excluding hydrogens is 312 g/mol. The first-order valence-electron chi connectivity index (χ1n) is 8.05. The molecule has 1 heterocycles. The molecule has 0 saturated carbocycles. The van der Waals surface area contributed by atoms with E-state index in [1.165, 1.54) is 6.20 Å². The highest BCUT2D eigenvalue weighted by atomic mass is 16.1. The van der Waals surface area contributed by atoms with Gasteiger partial charge in [0.2, 0.25) is 0 Å². The molecule has 25 heavy (non-hydrogen) atoms. The number of anilines is 3. The highest BCUT2D eigenvalue weighted by molar-refractivity contribution is 6.02. The Kier molecular flexibility index (Phi) is 4.75. The Morgan fingerprint density at radius 2 is 1.56 bits per heavy atom. The zero-order valence-corrected chi connectivity index (χ0v) is 14.5. The fourth-order valence-electron chi connectivity index (χ4n) is 2.62. The first-order valence-corrected chi connectivity index (χ1v) is 8.05. The molecule has 0 aliphatic carbocycles. The highest BCUT2D eigenvalue weighted by Gasteiger charge is 2.09. The lowest BCUT2D eigenvalue weighted by Crippen LogP contribution is -2.14. The molecule has 3 aromatic rings. The number of nitrogens with one attached hydrogen (secondary N) is 2. The van der Waals surface area contributed by atoms with Crippen molar-refractivity contribution in [2.45, 2.75) is 20.8 Å². The van der Waals surface area contributed by atoms with Crippen LogP contribution in [-0.4, -0.2) is 15.9 Å². The van der Waals surface area contributed by atoms with Gasteiger partial charge in [0.25, 0.3) is 5.91 Å². The van der Waals surface area contributed by atoms with Crippen molar-refractivity contribution in [1.82, 2.24) is 9.97 Å². The van der Waals surface area contributed by atoms with Gasteiger partial charge < -0.3 is 10.6 Å². The quantitative estimate of drug-likeness (QED) is 0.743. The maximum Gasteiger partial charge on any atom is 0.275 e. The first-order chi connectivity index (χ1) is 12.0. The molecule has 0 aliphatic rings. The summed E-state index contributed by atoms with van der Waals surface area (Å²) in [6.07, 6.45) is 3.02. The van der Waals surface area contributed by atoms with E-state index in [4.69, 9.17) is 0 Å². The topological polar surface area (TPSA) is 66.9 Å². The summed E-state index contributed by atoms with van der Waals surface area (Å²) in [7, 11) is 0. The van der Waals surface area contributed by atoms with Crippen molar-refractivity contribution >= 4 is 23.1 Å². The number of benzene rings is 2. The third-order valence-corrected chi connectivity index (χ3v) is 3.65. The van der Waals surface area contributed by atoms with Crippen molar-refractivity contribution in [3.8, 4) is 0 Å². The summed E-state index contributed by atoms with van der Waals surface area (Å²) in [6, 6.07) is 13.9. The molecule has 0 unspecified atom stereocenters. The minimum atomic E-state index is -0.278. The second-order valence-corrected chi connectivity index (χ2v) is 6.11. The summed E-state index contributed by atoms with van der Waals surface area (Å²) < 4.78 is 0. The normalized spacial score (nSPS) is 10.4. The van der Waals surface area contributed by atoms with Crippen LogP contribution in [0.25, 0.3) is 0 Å². The second kappa shape index (κ2) is 7.13. The molecule has 0 fully saturated rings. The number of rotatable bonds is 4. The number of amides is 1. The van der Waals surface area contributed by atoms with Crippen LogP contribution in [0.2, 0.25) is 0 Å². The van der Waals surface area contributed by atoms with Gasteiger partial charge in [-0.1, -0.05) is 18.2 Å². The molecule has 3 rings (SSSR count). The van der Waals surface area contributed by atoms with Crippen molar-refractivity contribution in [2.75, 3.05) is 10.6 Å². The van der Waals surface area contributed by atoms with Crippen molar-refractivity contribution < 1.29 is 4.79 Å². The highest BCUT2D eigenvalue weighted by Crippen LogP contribution is 2.16. The van der Waals surface area contributed by atoms with E-state index in [2.05, 4.69) is 26.7 Å². The Bertz CT molecular complexity index is 884. The number of nitrogens with zero attached hydrogens (tertiary/aromatic N) is 2. The second-order valence-electron chi connectivity index (χ2n) is 6.11. The third-order valence-electron chi connectivity index (χ3n) is 3.65. The van der Waals surface area contributed by atoms with Crippen LogP contribution in [0.4, 0.5) is 17.2 Å². The fraction of sp³-hybridized carbons (Fsp3) is 0.150. The molecule has 0 bridgehead atoms. The van der Waals surface area contributed by atoms with Gasteiger partial charge in [-0.2, -0.15) is 0 Å². The van der Waals surface area contributed by atoms with Gasteiger partial charge >= 0.3 is 0 Å². The van der Waals surface area contributed by atoms with Crippen LogP contribution in [0.3, 0.4) is 0 Å². The summed E-state index contributed by atoms with van der Waals surface area (Å²) in [6.45, 7) is 6.01. The summed E-state index contributed by atoms with van der Waals surface area (Å²) >= 11 is 0. The van der Waals surface area contributed by atoms with E-state index < -0.39 is 0 Å². The van der Waals surface area contributed by atoms with Crippen molar-refractivity contribution in [2.24, 2.45) is 0 Å². The van der Waals surface area contributed by atoms with Crippen LogP contribution in [0.15, 0.2) is 54.9 Å². The van der Waals surface area contributed by atoms with Crippen LogP contribution in [0.1, 0.15) is 27.2 Å². The van der Waals surface area contributed by atoms with E-state index in [-0.39, 0.29) is 11.6 Å². The van der Waals surface area contributed by atoms with Gasteiger partial charge in [0.15, 0.2) is 0 Å². The molecule has 0 aliphatic heterocycles. The van der Waals surface area contributed by atoms with E-state index in [1.807, 2.05) is 57.2 Å². The van der Waals surface area contributed by atoms with E-state index in [1.54, 1.807) is 6.20 Å². The lowest BCUT2D eigenvalue weighted by atomic mass is 10.1. The molecule has 126 valence electrons. The van der Waals surface area contributed by atoms with Crippen molar-refractivity contribution in [1.29, 1.82) is 0 Å². The largest absolute Gasteiger partial charge is 0.339 e.